The Morgan fingerprint density at radius 3 is 2.61 bits per heavy atom. The quantitative estimate of drug-likeness (QED) is 0.480. The number of benzene rings is 2. The molecular formula is C24H26NO6+. The Balaban J connectivity index is 1.58. The minimum Gasteiger partial charge on any atom is -0.497 e. The Morgan fingerprint density at radius 2 is 1.90 bits per heavy atom. The van der Waals surface area contributed by atoms with Gasteiger partial charge in [-0.25, -0.2) is 4.79 Å². The third-order valence-corrected chi connectivity index (χ3v) is 5.85. The number of carbonyl (C=O) groups excluding carboxylic acids is 1. The summed E-state index contributed by atoms with van der Waals surface area (Å²) in [4.78, 5) is 25.5. The van der Waals surface area contributed by atoms with Crippen molar-refractivity contribution in [2.24, 2.45) is 0 Å². The number of esters is 1. The van der Waals surface area contributed by atoms with Crippen LogP contribution in [0.2, 0.25) is 0 Å². The number of quaternary nitrogens is 1. The molecule has 31 heavy (non-hydrogen) atoms. The Kier molecular flexibility index (Phi) is 5.95. The van der Waals surface area contributed by atoms with Gasteiger partial charge in [-0.15, -0.1) is 0 Å². The molecule has 1 unspecified atom stereocenters. The fraction of sp³-hybridized carbons (Fsp3) is 0.333. The summed E-state index contributed by atoms with van der Waals surface area (Å²) in [5.74, 6) is 1.11. The van der Waals surface area contributed by atoms with Crippen molar-refractivity contribution in [1.82, 2.24) is 0 Å². The molecule has 1 aliphatic heterocycles. The Bertz CT molecular complexity index is 1170. The van der Waals surface area contributed by atoms with E-state index < -0.39 is 11.6 Å². The number of aryl methyl sites for hydroxylation is 1. The van der Waals surface area contributed by atoms with Gasteiger partial charge in [0, 0.05) is 11.8 Å². The molecule has 1 aromatic heterocycles. The van der Waals surface area contributed by atoms with Crippen molar-refractivity contribution in [1.29, 1.82) is 0 Å². The lowest BCUT2D eigenvalue weighted by Crippen LogP contribution is -3.12. The number of nitrogens with one attached hydrogen (secondary N) is 1. The fourth-order valence-corrected chi connectivity index (χ4v) is 3.97. The van der Waals surface area contributed by atoms with Crippen molar-refractivity contribution in [3.63, 3.8) is 0 Å². The van der Waals surface area contributed by atoms with Crippen LogP contribution in [0.1, 0.15) is 22.3 Å². The minimum absolute atomic E-state index is 0.104. The minimum atomic E-state index is -0.505. The summed E-state index contributed by atoms with van der Waals surface area (Å²) in [6.07, 6.45) is 0.794. The van der Waals surface area contributed by atoms with E-state index in [1.54, 1.807) is 7.11 Å². The summed E-state index contributed by atoms with van der Waals surface area (Å²) >= 11 is 0. The second-order valence-corrected chi connectivity index (χ2v) is 7.73. The molecule has 1 aliphatic rings. The van der Waals surface area contributed by atoms with E-state index >= 15 is 0 Å². The second kappa shape index (κ2) is 8.81. The number of carbonyl (C=O) groups is 1. The van der Waals surface area contributed by atoms with Gasteiger partial charge in [0.1, 0.15) is 18.0 Å². The van der Waals surface area contributed by atoms with Crippen LogP contribution in [0.4, 0.5) is 0 Å². The average Bonchev–Trinajstić information content (AvgIpc) is 2.80. The maximum atomic E-state index is 12.6. The van der Waals surface area contributed by atoms with Crippen molar-refractivity contribution in [2.45, 2.75) is 26.3 Å². The zero-order valence-corrected chi connectivity index (χ0v) is 17.9. The van der Waals surface area contributed by atoms with Crippen molar-refractivity contribution < 1.29 is 28.3 Å². The van der Waals surface area contributed by atoms with Gasteiger partial charge in [-0.1, -0.05) is 12.1 Å². The molecule has 0 amide bonds. The molecule has 0 radical (unpaired) electrons. The lowest BCUT2D eigenvalue weighted by molar-refractivity contribution is -0.932. The van der Waals surface area contributed by atoms with E-state index in [0.29, 0.717) is 24.4 Å². The molecule has 1 atom stereocenters. The first-order valence-corrected chi connectivity index (χ1v) is 10.2. The van der Waals surface area contributed by atoms with Gasteiger partial charge in [0.2, 0.25) is 6.73 Å². The number of methoxy groups -OCH3 is 2. The van der Waals surface area contributed by atoms with E-state index in [0.717, 1.165) is 41.0 Å². The maximum absolute atomic E-state index is 12.6. The fourth-order valence-electron chi connectivity index (χ4n) is 3.97. The monoisotopic (exact) mass is 424 g/mol. The third kappa shape index (κ3) is 4.27. The molecule has 1 N–H and O–H groups in total. The summed E-state index contributed by atoms with van der Waals surface area (Å²) in [6.45, 7) is 3.97. The standard InChI is InChI=1S/C24H25NO6/c1-15-18-8-9-21-20(23(18)31-24(27)19(15)12-22(26)29-3)13-25(14-30-21)11-10-16-4-6-17(28-2)7-5-16/h4-9H,10-14H2,1-3H3/p+1. The van der Waals surface area contributed by atoms with Crippen molar-refractivity contribution in [3.8, 4) is 11.5 Å². The van der Waals surface area contributed by atoms with Crippen LogP contribution in [0.25, 0.3) is 11.0 Å². The molecule has 0 bridgehead atoms. The summed E-state index contributed by atoms with van der Waals surface area (Å²) in [5.41, 5.74) is 3.22. The van der Waals surface area contributed by atoms with Crippen LogP contribution in [0, 0.1) is 6.92 Å². The normalized spacial score (nSPS) is 15.3. The van der Waals surface area contributed by atoms with Gasteiger partial charge in [0.05, 0.1) is 38.3 Å². The third-order valence-electron chi connectivity index (χ3n) is 5.85. The topological polar surface area (TPSA) is 79.4 Å². The molecule has 7 nitrogen and oxygen atoms in total. The van der Waals surface area contributed by atoms with Gasteiger partial charge in [-0.05, 0) is 42.3 Å². The highest BCUT2D eigenvalue weighted by atomic mass is 16.5. The molecule has 2 heterocycles. The molecule has 0 saturated carbocycles. The summed E-state index contributed by atoms with van der Waals surface area (Å²) in [5, 5.41) is 0.817. The van der Waals surface area contributed by atoms with Gasteiger partial charge in [-0.2, -0.15) is 0 Å². The van der Waals surface area contributed by atoms with Crippen LogP contribution >= 0.6 is 0 Å². The van der Waals surface area contributed by atoms with E-state index in [4.69, 9.17) is 18.6 Å². The Hall–Kier alpha value is -3.32. The van der Waals surface area contributed by atoms with Crippen molar-refractivity contribution in [3.05, 3.63) is 69.1 Å². The number of ether oxygens (including phenoxy) is 3. The lowest BCUT2D eigenvalue weighted by atomic mass is 10.00. The van der Waals surface area contributed by atoms with Gasteiger partial charge in [-0.3, -0.25) is 9.69 Å². The summed E-state index contributed by atoms with van der Waals surface area (Å²) < 4.78 is 21.6. The molecule has 0 aliphatic carbocycles. The highest BCUT2D eigenvalue weighted by Gasteiger charge is 2.26. The Labute approximate surface area is 180 Å². The van der Waals surface area contributed by atoms with Crippen molar-refractivity contribution >= 4 is 16.9 Å². The molecule has 4 rings (SSSR count). The Morgan fingerprint density at radius 1 is 1.13 bits per heavy atom. The predicted octanol–water partition coefficient (Wildman–Crippen LogP) is 1.80. The summed E-state index contributed by atoms with van der Waals surface area (Å²) in [6, 6.07) is 11.9. The first-order valence-electron chi connectivity index (χ1n) is 10.2. The SMILES string of the molecule is COC(=O)Cc1c(C)c2ccc3c(c2oc1=O)C[NH+](CCc1ccc(OC)cc1)CO3. The molecule has 0 spiro atoms. The number of hydrogen-bond donors (Lipinski definition) is 1. The lowest BCUT2D eigenvalue weighted by Gasteiger charge is -2.26. The van der Waals surface area contributed by atoms with Crippen molar-refractivity contribution in [2.75, 3.05) is 27.5 Å². The number of hydrogen-bond acceptors (Lipinski definition) is 6. The van der Waals surface area contributed by atoms with Crippen LogP contribution in [-0.4, -0.2) is 33.5 Å². The zero-order chi connectivity index (χ0) is 22.0. The highest BCUT2D eigenvalue weighted by molar-refractivity contribution is 5.87. The molecule has 3 aromatic rings. The van der Waals surface area contributed by atoms with E-state index in [1.165, 1.54) is 17.6 Å². The molecule has 2 aromatic carbocycles. The van der Waals surface area contributed by atoms with Gasteiger partial charge < -0.3 is 18.6 Å². The maximum Gasteiger partial charge on any atom is 0.340 e. The first kappa shape index (κ1) is 20.9. The van der Waals surface area contributed by atoms with Gasteiger partial charge >= 0.3 is 11.6 Å². The molecular weight excluding hydrogens is 398 g/mol. The zero-order valence-electron chi connectivity index (χ0n) is 17.9. The molecule has 162 valence electrons. The second-order valence-electron chi connectivity index (χ2n) is 7.73. The molecule has 0 saturated heterocycles. The van der Waals surface area contributed by atoms with E-state index in [1.807, 2.05) is 31.2 Å². The van der Waals surface area contributed by atoms with Gasteiger partial charge in [0.15, 0.2) is 5.58 Å². The van der Waals surface area contributed by atoms with Crippen LogP contribution < -0.4 is 20.0 Å². The largest absolute Gasteiger partial charge is 0.497 e. The highest BCUT2D eigenvalue weighted by Crippen LogP contribution is 2.31. The van der Waals surface area contributed by atoms with E-state index in [-0.39, 0.29) is 6.42 Å². The first-order chi connectivity index (χ1) is 15.0. The van der Waals surface area contributed by atoms with Crippen LogP contribution in [-0.2, 0) is 28.9 Å². The molecule has 7 heteroatoms. The number of fused-ring (bicyclic) bond motifs is 3. The number of rotatable bonds is 6. The van der Waals surface area contributed by atoms with Crippen LogP contribution in [0.3, 0.4) is 0 Å². The predicted molar refractivity (Wildman–Crippen MR) is 115 cm³/mol. The van der Waals surface area contributed by atoms with E-state index in [9.17, 15) is 9.59 Å². The smallest absolute Gasteiger partial charge is 0.340 e. The molecule has 0 fully saturated rings. The van der Waals surface area contributed by atoms with Gasteiger partial charge in [0.25, 0.3) is 0 Å². The van der Waals surface area contributed by atoms with Crippen LogP contribution in [0.15, 0.2) is 45.6 Å². The summed E-state index contributed by atoms with van der Waals surface area (Å²) in [7, 11) is 2.96. The average molecular weight is 424 g/mol. The van der Waals surface area contributed by atoms with Crippen LogP contribution in [0.5, 0.6) is 11.5 Å². The van der Waals surface area contributed by atoms with E-state index in [2.05, 4.69) is 12.1 Å².